The molecule has 7 heteroatoms. The van der Waals surface area contributed by atoms with Crippen molar-refractivity contribution in [2.75, 3.05) is 17.2 Å². The maximum atomic E-state index is 12.2. The van der Waals surface area contributed by atoms with Crippen LogP contribution in [0.5, 0.6) is 0 Å². The Morgan fingerprint density at radius 3 is 2.54 bits per heavy atom. The van der Waals surface area contributed by atoms with Gasteiger partial charge in [-0.05, 0) is 43.0 Å². The Bertz CT molecular complexity index is 775. The molecular weight excluding hydrogens is 354 g/mol. The number of aromatic nitrogens is 1. The van der Waals surface area contributed by atoms with Gasteiger partial charge in [0.25, 0.3) is 0 Å². The lowest BCUT2D eigenvalue weighted by Gasteiger charge is -2.22. The molecule has 148 valence electrons. The molecule has 1 aliphatic carbocycles. The van der Waals surface area contributed by atoms with Crippen LogP contribution in [-0.2, 0) is 6.42 Å². The van der Waals surface area contributed by atoms with Gasteiger partial charge >= 0.3 is 12.1 Å². The van der Waals surface area contributed by atoms with Crippen molar-refractivity contribution < 1.29 is 9.59 Å². The van der Waals surface area contributed by atoms with E-state index in [9.17, 15) is 9.59 Å². The summed E-state index contributed by atoms with van der Waals surface area (Å²) in [5.41, 5.74) is 2.26. The highest BCUT2D eigenvalue weighted by Gasteiger charge is 2.15. The number of urea groups is 2. The second-order valence-corrected chi connectivity index (χ2v) is 6.96. The molecule has 4 N–H and O–H groups in total. The van der Waals surface area contributed by atoms with E-state index in [0.29, 0.717) is 24.3 Å². The number of nitrogens with zero attached hydrogens (tertiary/aromatic N) is 1. The fourth-order valence-corrected chi connectivity index (χ4v) is 3.35. The molecule has 3 rings (SSSR count). The normalized spacial score (nSPS) is 14.1. The van der Waals surface area contributed by atoms with Gasteiger partial charge in [-0.15, -0.1) is 0 Å². The first-order valence-electron chi connectivity index (χ1n) is 9.81. The smallest absolute Gasteiger partial charge is 0.323 e. The van der Waals surface area contributed by atoms with Gasteiger partial charge in [-0.3, -0.25) is 4.98 Å². The summed E-state index contributed by atoms with van der Waals surface area (Å²) in [5.74, 6) is 0. The van der Waals surface area contributed by atoms with Crippen molar-refractivity contribution in [1.82, 2.24) is 15.6 Å². The number of rotatable bonds is 6. The van der Waals surface area contributed by atoms with Gasteiger partial charge in [0.05, 0.1) is 11.9 Å². The van der Waals surface area contributed by atoms with E-state index < -0.39 is 0 Å². The molecular formula is C21H27N5O2. The monoisotopic (exact) mass is 381 g/mol. The van der Waals surface area contributed by atoms with Crippen LogP contribution in [0.4, 0.5) is 21.0 Å². The number of anilines is 2. The Balaban J connectivity index is 1.46. The number of para-hydroxylation sites is 1. The molecule has 28 heavy (non-hydrogen) atoms. The molecule has 0 bridgehead atoms. The predicted molar refractivity (Wildman–Crippen MR) is 110 cm³/mol. The summed E-state index contributed by atoms with van der Waals surface area (Å²) in [7, 11) is 0. The molecule has 0 saturated heterocycles. The van der Waals surface area contributed by atoms with E-state index in [1.807, 2.05) is 36.4 Å². The molecule has 7 nitrogen and oxygen atoms in total. The molecule has 1 saturated carbocycles. The van der Waals surface area contributed by atoms with E-state index in [1.54, 1.807) is 12.4 Å². The molecule has 1 fully saturated rings. The van der Waals surface area contributed by atoms with Crippen LogP contribution in [0.2, 0.25) is 0 Å². The Kier molecular flexibility index (Phi) is 7.23. The van der Waals surface area contributed by atoms with E-state index in [4.69, 9.17) is 0 Å². The highest BCUT2D eigenvalue weighted by molar-refractivity contribution is 6.00. The summed E-state index contributed by atoms with van der Waals surface area (Å²) >= 11 is 0. The molecule has 1 aromatic heterocycles. The van der Waals surface area contributed by atoms with E-state index >= 15 is 0 Å². The minimum Gasteiger partial charge on any atom is -0.338 e. The number of hydrogen-bond acceptors (Lipinski definition) is 3. The van der Waals surface area contributed by atoms with Crippen LogP contribution in [0.3, 0.4) is 0 Å². The van der Waals surface area contributed by atoms with Crippen molar-refractivity contribution in [2.24, 2.45) is 0 Å². The van der Waals surface area contributed by atoms with Gasteiger partial charge in [-0.1, -0.05) is 37.5 Å². The number of carbonyl (C=O) groups excluding carboxylic acids is 2. The maximum absolute atomic E-state index is 12.2. The summed E-state index contributed by atoms with van der Waals surface area (Å²) in [4.78, 5) is 28.3. The summed E-state index contributed by atoms with van der Waals surface area (Å²) in [6, 6.07) is 10.9. The van der Waals surface area contributed by atoms with Crippen molar-refractivity contribution in [3.63, 3.8) is 0 Å². The van der Waals surface area contributed by atoms with Gasteiger partial charge in [0, 0.05) is 24.5 Å². The van der Waals surface area contributed by atoms with Crippen LogP contribution in [0.1, 0.15) is 37.7 Å². The minimum atomic E-state index is -0.330. The van der Waals surface area contributed by atoms with Crippen LogP contribution in [-0.4, -0.2) is 29.6 Å². The lowest BCUT2D eigenvalue weighted by Crippen LogP contribution is -2.43. The Hall–Kier alpha value is -3.09. The third kappa shape index (κ3) is 6.26. The molecule has 1 aliphatic rings. The SMILES string of the molecule is O=C(Nc1ccccc1)Nc1cnccc1CCNC(=O)NC1CCCCC1. The quantitative estimate of drug-likeness (QED) is 0.611. The summed E-state index contributed by atoms with van der Waals surface area (Å²) < 4.78 is 0. The fraction of sp³-hybridized carbons (Fsp3) is 0.381. The number of nitrogens with one attached hydrogen (secondary N) is 4. The van der Waals surface area contributed by atoms with Crippen molar-refractivity contribution in [1.29, 1.82) is 0 Å². The van der Waals surface area contributed by atoms with Crippen molar-refractivity contribution in [2.45, 2.75) is 44.6 Å². The highest BCUT2D eigenvalue weighted by atomic mass is 16.2. The van der Waals surface area contributed by atoms with Crippen molar-refractivity contribution >= 4 is 23.4 Å². The van der Waals surface area contributed by atoms with E-state index in [0.717, 1.165) is 18.4 Å². The molecule has 0 unspecified atom stereocenters. The molecule has 2 aromatic rings. The molecule has 0 spiro atoms. The lowest BCUT2D eigenvalue weighted by atomic mass is 9.96. The number of carbonyl (C=O) groups is 2. The number of benzene rings is 1. The summed E-state index contributed by atoms with van der Waals surface area (Å²) in [5, 5.41) is 11.5. The van der Waals surface area contributed by atoms with Crippen molar-refractivity contribution in [3.05, 3.63) is 54.4 Å². The standard InChI is InChI=1S/C21H27N5O2/c27-20(24-17-7-3-1-4-8-17)23-14-12-16-11-13-22-15-19(16)26-21(28)25-18-9-5-2-6-10-18/h2,5-6,9-11,13,15,17H,1,3-4,7-8,12,14H2,(H2,23,24,27)(H2,25,26,28). The highest BCUT2D eigenvalue weighted by Crippen LogP contribution is 2.17. The summed E-state index contributed by atoms with van der Waals surface area (Å²) in [6.07, 6.45) is 9.63. The average Bonchev–Trinajstić information content (AvgIpc) is 2.71. The average molecular weight is 381 g/mol. The zero-order chi connectivity index (χ0) is 19.6. The maximum Gasteiger partial charge on any atom is 0.323 e. The van der Waals surface area contributed by atoms with Gasteiger partial charge < -0.3 is 21.3 Å². The lowest BCUT2D eigenvalue weighted by molar-refractivity contribution is 0.233. The second kappa shape index (κ2) is 10.3. The Labute approximate surface area is 165 Å². The van der Waals surface area contributed by atoms with Crippen LogP contribution in [0, 0.1) is 0 Å². The molecule has 1 aromatic carbocycles. The fourth-order valence-electron chi connectivity index (χ4n) is 3.35. The van der Waals surface area contributed by atoms with E-state index in [-0.39, 0.29) is 18.1 Å². The first kappa shape index (κ1) is 19.7. The van der Waals surface area contributed by atoms with E-state index in [2.05, 4.69) is 26.3 Å². The predicted octanol–water partition coefficient (Wildman–Crippen LogP) is 3.90. The second-order valence-electron chi connectivity index (χ2n) is 6.96. The molecule has 0 aliphatic heterocycles. The zero-order valence-electron chi connectivity index (χ0n) is 15.9. The number of hydrogen-bond donors (Lipinski definition) is 4. The third-order valence-corrected chi connectivity index (χ3v) is 4.81. The van der Waals surface area contributed by atoms with Crippen LogP contribution >= 0.6 is 0 Å². The topological polar surface area (TPSA) is 95.2 Å². The van der Waals surface area contributed by atoms with Gasteiger partial charge in [-0.25, -0.2) is 9.59 Å². The number of amides is 4. The summed E-state index contributed by atoms with van der Waals surface area (Å²) in [6.45, 7) is 0.484. The van der Waals surface area contributed by atoms with Crippen LogP contribution in [0.25, 0.3) is 0 Å². The van der Waals surface area contributed by atoms with Gasteiger partial charge in [0.15, 0.2) is 0 Å². The molecule has 1 heterocycles. The molecule has 4 amide bonds. The van der Waals surface area contributed by atoms with Gasteiger partial charge in [-0.2, -0.15) is 0 Å². The van der Waals surface area contributed by atoms with Gasteiger partial charge in [0.2, 0.25) is 0 Å². The largest absolute Gasteiger partial charge is 0.338 e. The van der Waals surface area contributed by atoms with Crippen LogP contribution < -0.4 is 21.3 Å². The zero-order valence-corrected chi connectivity index (χ0v) is 15.9. The Morgan fingerprint density at radius 1 is 0.964 bits per heavy atom. The third-order valence-electron chi connectivity index (χ3n) is 4.81. The first-order valence-corrected chi connectivity index (χ1v) is 9.81. The molecule has 0 radical (unpaired) electrons. The molecule has 0 atom stereocenters. The minimum absolute atomic E-state index is 0.128. The van der Waals surface area contributed by atoms with Crippen molar-refractivity contribution in [3.8, 4) is 0 Å². The number of pyridine rings is 1. The van der Waals surface area contributed by atoms with E-state index in [1.165, 1.54) is 19.3 Å². The Morgan fingerprint density at radius 2 is 1.75 bits per heavy atom. The van der Waals surface area contributed by atoms with Gasteiger partial charge in [0.1, 0.15) is 0 Å². The van der Waals surface area contributed by atoms with Crippen LogP contribution in [0.15, 0.2) is 48.8 Å². The first-order chi connectivity index (χ1) is 13.7.